The Kier molecular flexibility index (Phi) is 3.97. The summed E-state index contributed by atoms with van der Waals surface area (Å²) < 4.78 is 0. The fraction of sp³-hybridized carbons (Fsp3) is 0.917. The molecule has 1 N–H and O–H groups in total. The summed E-state index contributed by atoms with van der Waals surface area (Å²) >= 11 is 0. The van der Waals surface area contributed by atoms with Crippen LogP contribution in [-0.4, -0.2) is 11.1 Å². The number of carboxylic acid groups (broad SMARTS) is 1. The van der Waals surface area contributed by atoms with Gasteiger partial charge in [-0.2, -0.15) is 0 Å². The van der Waals surface area contributed by atoms with Crippen LogP contribution < -0.4 is 0 Å². The van der Waals surface area contributed by atoms with Crippen LogP contribution >= 0.6 is 0 Å². The van der Waals surface area contributed by atoms with Crippen molar-refractivity contribution in [2.24, 2.45) is 23.7 Å². The van der Waals surface area contributed by atoms with E-state index in [0.717, 1.165) is 18.8 Å². The molecule has 3 unspecified atom stereocenters. The maximum absolute atomic E-state index is 10.9. The molecule has 0 aliphatic heterocycles. The number of carboxylic acids is 1. The van der Waals surface area contributed by atoms with E-state index in [1.165, 1.54) is 12.8 Å². The maximum atomic E-state index is 10.9. The summed E-state index contributed by atoms with van der Waals surface area (Å²) in [5.41, 5.74) is 0. The highest BCUT2D eigenvalue weighted by Crippen LogP contribution is 2.37. The summed E-state index contributed by atoms with van der Waals surface area (Å²) in [6.45, 7) is 6.35. The van der Waals surface area contributed by atoms with Gasteiger partial charge in [-0.05, 0) is 30.6 Å². The molecule has 1 rings (SSSR count). The van der Waals surface area contributed by atoms with E-state index in [2.05, 4.69) is 13.8 Å². The summed E-state index contributed by atoms with van der Waals surface area (Å²) in [6, 6.07) is 0. The van der Waals surface area contributed by atoms with Gasteiger partial charge in [0.05, 0.1) is 5.92 Å². The van der Waals surface area contributed by atoms with Crippen LogP contribution in [0.3, 0.4) is 0 Å². The Labute approximate surface area is 86.7 Å². The van der Waals surface area contributed by atoms with E-state index in [0.29, 0.717) is 11.8 Å². The van der Waals surface area contributed by atoms with Crippen molar-refractivity contribution in [2.45, 2.75) is 46.5 Å². The SMILES string of the molecule is CC(C)C1CCCC(C(C)C(=O)O)C1. The van der Waals surface area contributed by atoms with E-state index in [1.807, 2.05) is 6.92 Å². The Balaban J connectivity index is 2.51. The summed E-state index contributed by atoms with van der Waals surface area (Å²) in [6.07, 6.45) is 4.73. The number of hydrogen-bond donors (Lipinski definition) is 1. The van der Waals surface area contributed by atoms with Crippen LogP contribution in [0, 0.1) is 23.7 Å². The standard InChI is InChI=1S/C12H22O2/c1-8(2)10-5-4-6-11(7-10)9(3)12(13)14/h8-11H,4-7H2,1-3H3,(H,13,14). The molecule has 0 aromatic rings. The molecule has 3 atom stereocenters. The van der Waals surface area contributed by atoms with Crippen molar-refractivity contribution in [1.82, 2.24) is 0 Å². The van der Waals surface area contributed by atoms with Gasteiger partial charge in [0.2, 0.25) is 0 Å². The minimum atomic E-state index is -0.626. The minimum Gasteiger partial charge on any atom is -0.481 e. The zero-order valence-electron chi connectivity index (χ0n) is 9.49. The van der Waals surface area contributed by atoms with E-state index < -0.39 is 5.97 Å². The van der Waals surface area contributed by atoms with Gasteiger partial charge < -0.3 is 5.11 Å². The van der Waals surface area contributed by atoms with Gasteiger partial charge in [0.15, 0.2) is 0 Å². The molecule has 0 spiro atoms. The Morgan fingerprint density at radius 3 is 2.29 bits per heavy atom. The lowest BCUT2D eigenvalue weighted by atomic mass is 9.72. The molecule has 0 bridgehead atoms. The smallest absolute Gasteiger partial charge is 0.306 e. The highest BCUT2D eigenvalue weighted by Gasteiger charge is 2.30. The summed E-state index contributed by atoms with van der Waals surface area (Å²) in [5.74, 6) is 1.08. The zero-order chi connectivity index (χ0) is 10.7. The van der Waals surface area contributed by atoms with E-state index in [9.17, 15) is 4.79 Å². The predicted molar refractivity (Wildman–Crippen MR) is 57.1 cm³/mol. The molecular formula is C12H22O2. The first-order chi connectivity index (χ1) is 6.52. The van der Waals surface area contributed by atoms with Crippen LogP contribution in [0.5, 0.6) is 0 Å². The van der Waals surface area contributed by atoms with Crippen molar-refractivity contribution in [1.29, 1.82) is 0 Å². The van der Waals surface area contributed by atoms with Crippen LogP contribution in [0.4, 0.5) is 0 Å². The van der Waals surface area contributed by atoms with Crippen molar-refractivity contribution >= 4 is 5.97 Å². The van der Waals surface area contributed by atoms with Crippen LogP contribution in [0.1, 0.15) is 46.5 Å². The van der Waals surface area contributed by atoms with Crippen LogP contribution in [-0.2, 0) is 4.79 Å². The van der Waals surface area contributed by atoms with Gasteiger partial charge in [-0.3, -0.25) is 4.79 Å². The van der Waals surface area contributed by atoms with Crippen LogP contribution in [0.2, 0.25) is 0 Å². The molecule has 1 fully saturated rings. The molecule has 14 heavy (non-hydrogen) atoms. The molecule has 0 saturated heterocycles. The van der Waals surface area contributed by atoms with E-state index in [4.69, 9.17) is 5.11 Å². The largest absolute Gasteiger partial charge is 0.481 e. The lowest BCUT2D eigenvalue weighted by Gasteiger charge is -2.33. The Bertz CT molecular complexity index is 198. The fourth-order valence-electron chi connectivity index (χ4n) is 2.53. The second-order valence-corrected chi connectivity index (χ2v) is 5.06. The molecule has 0 radical (unpaired) electrons. The summed E-state index contributed by atoms with van der Waals surface area (Å²) in [7, 11) is 0. The minimum absolute atomic E-state index is 0.156. The molecule has 1 saturated carbocycles. The van der Waals surface area contributed by atoms with Gasteiger partial charge in [0.25, 0.3) is 0 Å². The van der Waals surface area contributed by atoms with Crippen molar-refractivity contribution < 1.29 is 9.90 Å². The summed E-state index contributed by atoms with van der Waals surface area (Å²) in [5, 5.41) is 8.96. The highest BCUT2D eigenvalue weighted by atomic mass is 16.4. The van der Waals surface area contributed by atoms with Crippen molar-refractivity contribution in [2.75, 3.05) is 0 Å². The first-order valence-electron chi connectivity index (χ1n) is 5.75. The Hall–Kier alpha value is -0.530. The van der Waals surface area contributed by atoms with E-state index >= 15 is 0 Å². The Morgan fingerprint density at radius 1 is 1.21 bits per heavy atom. The molecule has 0 amide bonds. The number of carbonyl (C=O) groups is 1. The van der Waals surface area contributed by atoms with Gasteiger partial charge in [-0.1, -0.05) is 33.6 Å². The quantitative estimate of drug-likeness (QED) is 0.756. The zero-order valence-corrected chi connectivity index (χ0v) is 9.49. The lowest BCUT2D eigenvalue weighted by Crippen LogP contribution is -2.28. The predicted octanol–water partition coefficient (Wildman–Crippen LogP) is 3.17. The van der Waals surface area contributed by atoms with Crippen molar-refractivity contribution in [3.05, 3.63) is 0 Å². The van der Waals surface area contributed by atoms with E-state index in [1.54, 1.807) is 0 Å². The monoisotopic (exact) mass is 198 g/mol. The normalized spacial score (nSPS) is 30.3. The molecule has 2 heteroatoms. The second-order valence-electron chi connectivity index (χ2n) is 5.06. The molecule has 82 valence electrons. The topological polar surface area (TPSA) is 37.3 Å². The third-order valence-corrected chi connectivity index (χ3v) is 3.79. The molecule has 1 aliphatic carbocycles. The van der Waals surface area contributed by atoms with Gasteiger partial charge >= 0.3 is 5.97 Å². The number of aliphatic carboxylic acids is 1. The van der Waals surface area contributed by atoms with Crippen LogP contribution in [0.25, 0.3) is 0 Å². The number of rotatable bonds is 3. The first-order valence-corrected chi connectivity index (χ1v) is 5.75. The Morgan fingerprint density at radius 2 is 1.79 bits per heavy atom. The first kappa shape index (κ1) is 11.5. The van der Waals surface area contributed by atoms with E-state index in [-0.39, 0.29) is 5.92 Å². The third-order valence-electron chi connectivity index (χ3n) is 3.79. The van der Waals surface area contributed by atoms with Crippen molar-refractivity contribution in [3.63, 3.8) is 0 Å². The molecule has 0 heterocycles. The van der Waals surface area contributed by atoms with Crippen molar-refractivity contribution in [3.8, 4) is 0 Å². The third kappa shape index (κ3) is 2.73. The average Bonchev–Trinajstić information content (AvgIpc) is 2.16. The van der Waals surface area contributed by atoms with Gasteiger partial charge in [-0.15, -0.1) is 0 Å². The average molecular weight is 198 g/mol. The molecule has 1 aliphatic rings. The fourth-order valence-corrected chi connectivity index (χ4v) is 2.53. The van der Waals surface area contributed by atoms with Gasteiger partial charge in [-0.25, -0.2) is 0 Å². The maximum Gasteiger partial charge on any atom is 0.306 e. The highest BCUT2D eigenvalue weighted by molar-refractivity contribution is 5.69. The van der Waals surface area contributed by atoms with Crippen LogP contribution in [0.15, 0.2) is 0 Å². The molecular weight excluding hydrogens is 176 g/mol. The molecule has 0 aromatic carbocycles. The number of hydrogen-bond acceptors (Lipinski definition) is 1. The molecule has 0 aromatic heterocycles. The second kappa shape index (κ2) is 4.81. The lowest BCUT2D eigenvalue weighted by molar-refractivity contribution is -0.143. The van der Waals surface area contributed by atoms with Gasteiger partial charge in [0, 0.05) is 0 Å². The van der Waals surface area contributed by atoms with Gasteiger partial charge in [0.1, 0.15) is 0 Å². The summed E-state index contributed by atoms with van der Waals surface area (Å²) in [4.78, 5) is 10.9. The molecule has 2 nitrogen and oxygen atoms in total.